The Balaban J connectivity index is 2.23. The number of thiophene rings is 1. The fourth-order valence-corrected chi connectivity index (χ4v) is 3.03. The summed E-state index contributed by atoms with van der Waals surface area (Å²) in [5.74, 6) is 1.76. The molecule has 0 bridgehead atoms. The monoisotopic (exact) mass is 308 g/mol. The number of nitrogens with zero attached hydrogens (tertiary/aromatic N) is 3. The summed E-state index contributed by atoms with van der Waals surface area (Å²) >= 11 is 1.65. The molecule has 0 aliphatic heterocycles. The Morgan fingerprint density at radius 3 is 2.86 bits per heavy atom. The predicted molar refractivity (Wildman–Crippen MR) is 88.8 cm³/mol. The highest BCUT2D eigenvalue weighted by Gasteiger charge is 2.14. The van der Waals surface area contributed by atoms with Gasteiger partial charge in [0, 0.05) is 25.7 Å². The molecule has 5 nitrogen and oxygen atoms in total. The first kappa shape index (κ1) is 16.1. The molecule has 116 valence electrons. The van der Waals surface area contributed by atoms with Gasteiger partial charge in [0.15, 0.2) is 0 Å². The van der Waals surface area contributed by atoms with Crippen LogP contribution in [0, 0.1) is 0 Å². The lowest BCUT2D eigenvalue weighted by atomic mass is 10.2. The number of anilines is 1. The Bertz CT molecular complexity index is 570. The van der Waals surface area contributed by atoms with Crippen molar-refractivity contribution in [3.63, 3.8) is 0 Å². The maximum atomic E-state index is 9.02. The van der Waals surface area contributed by atoms with Gasteiger partial charge in [-0.05, 0) is 38.6 Å². The Kier molecular flexibility index (Phi) is 5.90. The zero-order valence-corrected chi connectivity index (χ0v) is 13.8. The third kappa shape index (κ3) is 4.12. The summed E-state index contributed by atoms with van der Waals surface area (Å²) in [4.78, 5) is 12.7. The molecule has 0 fully saturated rings. The highest BCUT2D eigenvalue weighted by atomic mass is 32.1. The van der Waals surface area contributed by atoms with Gasteiger partial charge >= 0.3 is 0 Å². The van der Waals surface area contributed by atoms with Crippen LogP contribution in [0.4, 0.5) is 5.82 Å². The summed E-state index contributed by atoms with van der Waals surface area (Å²) < 4.78 is 0. The first-order valence-corrected chi connectivity index (χ1v) is 8.36. The molecule has 0 atom stereocenters. The molecule has 0 radical (unpaired) electrons. The molecule has 2 N–H and O–H groups in total. The average molecular weight is 308 g/mol. The van der Waals surface area contributed by atoms with Gasteiger partial charge in [-0.1, -0.05) is 0 Å². The average Bonchev–Trinajstić information content (AvgIpc) is 2.92. The van der Waals surface area contributed by atoms with Gasteiger partial charge in [0.1, 0.15) is 16.5 Å². The molecular weight excluding hydrogens is 284 g/mol. The van der Waals surface area contributed by atoms with E-state index in [1.54, 1.807) is 11.3 Å². The van der Waals surface area contributed by atoms with Crippen molar-refractivity contribution in [3.8, 4) is 0 Å². The largest absolute Gasteiger partial charge is 0.396 e. The van der Waals surface area contributed by atoms with Gasteiger partial charge in [-0.25, -0.2) is 9.97 Å². The van der Waals surface area contributed by atoms with Crippen molar-refractivity contribution in [2.75, 3.05) is 25.0 Å². The van der Waals surface area contributed by atoms with E-state index in [1.807, 2.05) is 0 Å². The third-order valence-electron chi connectivity index (χ3n) is 3.39. The molecule has 0 saturated carbocycles. The maximum Gasteiger partial charge on any atom is 0.146 e. The lowest BCUT2D eigenvalue weighted by Gasteiger charge is -2.25. The van der Waals surface area contributed by atoms with E-state index in [-0.39, 0.29) is 6.61 Å². The Hall–Kier alpha value is -1.24. The van der Waals surface area contributed by atoms with Gasteiger partial charge in [-0.3, -0.25) is 4.90 Å². The summed E-state index contributed by atoms with van der Waals surface area (Å²) in [6.45, 7) is 9.02. The van der Waals surface area contributed by atoms with Crippen LogP contribution in [0.3, 0.4) is 0 Å². The Morgan fingerprint density at radius 2 is 2.19 bits per heavy atom. The number of rotatable bonds is 8. The molecule has 0 aliphatic rings. The molecule has 0 spiro atoms. The van der Waals surface area contributed by atoms with Crippen molar-refractivity contribution in [2.24, 2.45) is 0 Å². The second-order valence-electron chi connectivity index (χ2n) is 5.30. The van der Waals surface area contributed by atoms with Crippen LogP contribution in [0.2, 0.25) is 0 Å². The van der Waals surface area contributed by atoms with Crippen molar-refractivity contribution in [3.05, 3.63) is 17.3 Å². The molecule has 0 unspecified atom stereocenters. The molecule has 6 heteroatoms. The minimum Gasteiger partial charge on any atom is -0.396 e. The summed E-state index contributed by atoms with van der Waals surface area (Å²) in [6, 6.07) is 2.47. The van der Waals surface area contributed by atoms with E-state index in [0.717, 1.165) is 41.4 Å². The molecule has 2 aromatic rings. The summed E-state index contributed by atoms with van der Waals surface area (Å²) in [7, 11) is 0. The minimum absolute atomic E-state index is 0.219. The minimum atomic E-state index is 0.219. The van der Waals surface area contributed by atoms with Gasteiger partial charge in [-0.2, -0.15) is 0 Å². The molecule has 0 amide bonds. The van der Waals surface area contributed by atoms with E-state index in [4.69, 9.17) is 5.11 Å². The van der Waals surface area contributed by atoms with Gasteiger partial charge < -0.3 is 10.4 Å². The van der Waals surface area contributed by atoms with Crippen molar-refractivity contribution in [2.45, 2.75) is 39.8 Å². The van der Waals surface area contributed by atoms with Crippen LogP contribution in [-0.4, -0.2) is 45.7 Å². The molecule has 0 saturated heterocycles. The molecule has 0 aliphatic carbocycles. The highest BCUT2D eigenvalue weighted by molar-refractivity contribution is 7.16. The lowest BCUT2D eigenvalue weighted by molar-refractivity contribution is 0.181. The van der Waals surface area contributed by atoms with Gasteiger partial charge in [0.2, 0.25) is 0 Å². The normalized spacial score (nSPS) is 11.7. The molecular formula is C15H24N4OS. The molecule has 2 heterocycles. The predicted octanol–water partition coefficient (Wildman–Crippen LogP) is 2.72. The number of nitrogens with one attached hydrogen (secondary N) is 1. The van der Waals surface area contributed by atoms with Gasteiger partial charge in [0.05, 0.1) is 11.9 Å². The summed E-state index contributed by atoms with van der Waals surface area (Å²) in [5, 5.41) is 15.5. The van der Waals surface area contributed by atoms with E-state index in [0.29, 0.717) is 12.6 Å². The summed E-state index contributed by atoms with van der Waals surface area (Å²) in [6.07, 6.45) is 0.777. The molecule has 2 aromatic heterocycles. The van der Waals surface area contributed by atoms with E-state index in [9.17, 15) is 0 Å². The zero-order valence-electron chi connectivity index (χ0n) is 13.0. The van der Waals surface area contributed by atoms with Crippen LogP contribution in [0.25, 0.3) is 10.2 Å². The topological polar surface area (TPSA) is 61.3 Å². The number of aliphatic hydroxyl groups is 1. The smallest absolute Gasteiger partial charge is 0.146 e. The van der Waals surface area contributed by atoms with Crippen molar-refractivity contribution in [1.29, 1.82) is 0 Å². The van der Waals surface area contributed by atoms with Crippen molar-refractivity contribution in [1.82, 2.24) is 14.9 Å². The molecule has 0 aromatic carbocycles. The zero-order chi connectivity index (χ0) is 15.2. The van der Waals surface area contributed by atoms with E-state index >= 15 is 0 Å². The SMILES string of the molecule is CCNc1nc(CN(CCCO)C(C)C)nc2sccc12. The van der Waals surface area contributed by atoms with Gasteiger partial charge in [-0.15, -0.1) is 11.3 Å². The van der Waals surface area contributed by atoms with Crippen LogP contribution in [0.15, 0.2) is 11.4 Å². The van der Waals surface area contributed by atoms with E-state index < -0.39 is 0 Å². The lowest BCUT2D eigenvalue weighted by Crippen LogP contribution is -2.32. The number of hydrogen-bond donors (Lipinski definition) is 2. The van der Waals surface area contributed by atoms with Crippen LogP contribution < -0.4 is 5.32 Å². The second kappa shape index (κ2) is 7.68. The molecule has 2 rings (SSSR count). The Morgan fingerprint density at radius 1 is 1.38 bits per heavy atom. The number of hydrogen-bond acceptors (Lipinski definition) is 6. The summed E-state index contributed by atoms with van der Waals surface area (Å²) in [5.41, 5.74) is 0. The first-order chi connectivity index (χ1) is 10.2. The fourth-order valence-electron chi connectivity index (χ4n) is 2.25. The highest BCUT2D eigenvalue weighted by Crippen LogP contribution is 2.25. The molecule has 21 heavy (non-hydrogen) atoms. The fraction of sp³-hybridized carbons (Fsp3) is 0.600. The van der Waals surface area contributed by atoms with Crippen molar-refractivity contribution < 1.29 is 5.11 Å². The second-order valence-corrected chi connectivity index (χ2v) is 6.19. The number of aliphatic hydroxyl groups excluding tert-OH is 1. The van der Waals surface area contributed by atoms with Crippen LogP contribution in [0.1, 0.15) is 33.0 Å². The Labute approximate surface area is 130 Å². The number of aromatic nitrogens is 2. The van der Waals surface area contributed by atoms with Gasteiger partial charge in [0.25, 0.3) is 0 Å². The quantitative estimate of drug-likeness (QED) is 0.785. The standard InChI is InChI=1S/C15H24N4OS/c1-4-16-14-12-6-9-21-15(12)18-13(17-14)10-19(11(2)3)7-5-8-20/h6,9,11,20H,4-5,7-8,10H2,1-3H3,(H,16,17,18). The third-order valence-corrected chi connectivity index (χ3v) is 4.20. The number of fused-ring (bicyclic) bond motifs is 1. The van der Waals surface area contributed by atoms with Crippen LogP contribution in [-0.2, 0) is 6.54 Å². The van der Waals surface area contributed by atoms with E-state index in [1.165, 1.54) is 0 Å². The maximum absolute atomic E-state index is 9.02. The van der Waals surface area contributed by atoms with Crippen LogP contribution >= 0.6 is 11.3 Å². The van der Waals surface area contributed by atoms with Crippen molar-refractivity contribution >= 4 is 27.4 Å². The van der Waals surface area contributed by atoms with E-state index in [2.05, 4.69) is 52.4 Å². The van der Waals surface area contributed by atoms with Crippen LogP contribution in [0.5, 0.6) is 0 Å². The first-order valence-electron chi connectivity index (χ1n) is 7.48.